The Balaban J connectivity index is 1.91. The van der Waals surface area contributed by atoms with E-state index in [9.17, 15) is 22.8 Å². The van der Waals surface area contributed by atoms with Crippen LogP contribution < -0.4 is 10.1 Å². The number of nitrogens with zero attached hydrogens (tertiary/aromatic N) is 2. The van der Waals surface area contributed by atoms with E-state index in [0.717, 1.165) is 6.07 Å². The van der Waals surface area contributed by atoms with Crippen LogP contribution in [0.2, 0.25) is 5.15 Å². The number of likely N-dealkylation sites (N-methyl/N-ethyl adjacent to an activating group) is 1. The summed E-state index contributed by atoms with van der Waals surface area (Å²) in [5, 5.41) is 8.95. The lowest BCUT2D eigenvalue weighted by Gasteiger charge is -2.17. The highest BCUT2D eigenvalue weighted by molar-refractivity contribution is 9.10. The van der Waals surface area contributed by atoms with E-state index >= 15 is 0 Å². The molecule has 3 rings (SSSR count). The molecule has 1 aliphatic heterocycles. The number of carbonyl (C=O) groups is 2. The van der Waals surface area contributed by atoms with Gasteiger partial charge in [0.15, 0.2) is 16.7 Å². The molecular formula is C16H13BrClF3N4O3. The Hall–Kier alpha value is -2.27. The highest BCUT2D eigenvalue weighted by Gasteiger charge is 2.46. The number of ether oxygens (including phenoxy) is 1. The summed E-state index contributed by atoms with van der Waals surface area (Å²) in [6.45, 7) is -3.10. The number of carbonyl (C=O) groups excluding carboxylic acids is 2. The molecule has 0 saturated carbocycles. The Morgan fingerprint density at radius 3 is 2.82 bits per heavy atom. The molecule has 2 amide bonds. The molecule has 2 N–H and O–H groups in total. The minimum absolute atomic E-state index is 0.133. The second-order valence-electron chi connectivity index (χ2n) is 6.03. The molecule has 28 heavy (non-hydrogen) atoms. The number of benzene rings is 1. The summed E-state index contributed by atoms with van der Waals surface area (Å²) in [6, 6.07) is 3.32. The van der Waals surface area contributed by atoms with Gasteiger partial charge in [0.25, 0.3) is 0 Å². The molecule has 2 heterocycles. The molecule has 1 aromatic heterocycles. The van der Waals surface area contributed by atoms with Crippen molar-refractivity contribution >= 4 is 45.0 Å². The summed E-state index contributed by atoms with van der Waals surface area (Å²) in [5.41, 5.74) is 0.124. The van der Waals surface area contributed by atoms with E-state index in [2.05, 4.69) is 36.2 Å². The van der Waals surface area contributed by atoms with Crippen molar-refractivity contribution in [1.29, 1.82) is 0 Å². The van der Waals surface area contributed by atoms with E-state index < -0.39 is 41.8 Å². The van der Waals surface area contributed by atoms with Crippen LogP contribution in [0.5, 0.6) is 5.75 Å². The van der Waals surface area contributed by atoms with Crippen molar-refractivity contribution < 1.29 is 27.5 Å². The first-order chi connectivity index (χ1) is 13.2. The lowest BCUT2D eigenvalue weighted by atomic mass is 9.91. The molecule has 0 unspecified atom stereocenters. The molecule has 0 aliphatic carbocycles. The first-order valence-electron chi connectivity index (χ1n) is 7.89. The van der Waals surface area contributed by atoms with Gasteiger partial charge in [-0.25, -0.2) is 4.39 Å². The molecule has 0 spiro atoms. The number of aromatic nitrogens is 2. The third-order valence-electron chi connectivity index (χ3n) is 4.29. The molecule has 0 radical (unpaired) electrons. The summed E-state index contributed by atoms with van der Waals surface area (Å²) in [6.07, 6.45) is 0. The van der Waals surface area contributed by atoms with E-state index in [-0.39, 0.29) is 17.4 Å². The highest BCUT2D eigenvalue weighted by Crippen LogP contribution is 2.39. The van der Waals surface area contributed by atoms with E-state index in [1.807, 2.05) is 0 Å². The van der Waals surface area contributed by atoms with Gasteiger partial charge in [-0.3, -0.25) is 14.7 Å². The number of para-hydroxylation sites is 1. The fourth-order valence-electron chi connectivity index (χ4n) is 3.04. The van der Waals surface area contributed by atoms with E-state index in [0.29, 0.717) is 10.2 Å². The molecule has 12 heteroatoms. The molecule has 7 nitrogen and oxygen atoms in total. The van der Waals surface area contributed by atoms with Crippen LogP contribution in [0, 0.1) is 11.7 Å². The number of hydrogen-bond donors (Lipinski definition) is 2. The van der Waals surface area contributed by atoms with E-state index in [1.165, 1.54) is 24.1 Å². The van der Waals surface area contributed by atoms with Crippen molar-refractivity contribution in [2.24, 2.45) is 5.92 Å². The second-order valence-corrected chi connectivity index (χ2v) is 7.18. The number of amides is 2. The maximum absolute atomic E-state index is 13.9. The minimum atomic E-state index is -3.29. The molecule has 1 aliphatic rings. The smallest absolute Gasteiger partial charge is 0.387 e. The molecule has 1 aromatic carbocycles. The Morgan fingerprint density at radius 1 is 1.50 bits per heavy atom. The van der Waals surface area contributed by atoms with Gasteiger partial charge >= 0.3 is 6.61 Å². The van der Waals surface area contributed by atoms with Crippen LogP contribution in [0.4, 0.5) is 18.9 Å². The number of rotatable bonds is 5. The molecule has 2 atom stereocenters. The van der Waals surface area contributed by atoms with Crippen LogP contribution in [0.1, 0.15) is 11.6 Å². The van der Waals surface area contributed by atoms with E-state index in [1.54, 1.807) is 0 Å². The Morgan fingerprint density at radius 2 is 2.21 bits per heavy atom. The third-order valence-corrected chi connectivity index (χ3v) is 5.60. The fraction of sp³-hybridized carbons (Fsp3) is 0.312. The first-order valence-corrected chi connectivity index (χ1v) is 9.06. The summed E-state index contributed by atoms with van der Waals surface area (Å²) in [4.78, 5) is 26.7. The number of anilines is 1. The number of H-pyrrole nitrogens is 1. The van der Waals surface area contributed by atoms with Gasteiger partial charge in [-0.05, 0) is 28.1 Å². The van der Waals surface area contributed by atoms with Crippen molar-refractivity contribution in [1.82, 2.24) is 15.1 Å². The molecule has 2 aromatic rings. The largest absolute Gasteiger partial charge is 0.429 e. The van der Waals surface area contributed by atoms with Crippen LogP contribution >= 0.6 is 27.5 Å². The van der Waals surface area contributed by atoms with Gasteiger partial charge in [0.05, 0.1) is 15.9 Å². The van der Waals surface area contributed by atoms with Crippen molar-refractivity contribution in [3.63, 3.8) is 0 Å². The van der Waals surface area contributed by atoms with Crippen molar-refractivity contribution in [3.8, 4) is 5.75 Å². The van der Waals surface area contributed by atoms with Crippen LogP contribution in [0.3, 0.4) is 0 Å². The minimum Gasteiger partial charge on any atom is -0.429 e. The number of halogens is 5. The molecular weight excluding hydrogens is 469 g/mol. The number of alkyl halides is 2. The predicted molar refractivity (Wildman–Crippen MR) is 96.8 cm³/mol. The van der Waals surface area contributed by atoms with Gasteiger partial charge in [-0.1, -0.05) is 17.7 Å². The maximum Gasteiger partial charge on any atom is 0.387 e. The number of nitrogens with one attached hydrogen (secondary N) is 2. The maximum atomic E-state index is 13.9. The summed E-state index contributed by atoms with van der Waals surface area (Å²) < 4.78 is 43.6. The van der Waals surface area contributed by atoms with Gasteiger partial charge < -0.3 is 15.0 Å². The summed E-state index contributed by atoms with van der Waals surface area (Å²) in [7, 11) is 1.52. The Labute approximate surface area is 170 Å². The van der Waals surface area contributed by atoms with Crippen LogP contribution in [0.15, 0.2) is 22.7 Å². The van der Waals surface area contributed by atoms with Crippen LogP contribution in [-0.4, -0.2) is 47.1 Å². The topological polar surface area (TPSA) is 87.3 Å². The zero-order valence-electron chi connectivity index (χ0n) is 14.2. The highest BCUT2D eigenvalue weighted by atomic mass is 79.9. The van der Waals surface area contributed by atoms with Crippen LogP contribution in [0.25, 0.3) is 0 Å². The molecule has 0 bridgehead atoms. The lowest BCUT2D eigenvalue weighted by Crippen LogP contribution is -2.33. The number of likely N-dealkylation sites (tertiary alicyclic amines) is 1. The van der Waals surface area contributed by atoms with Crippen molar-refractivity contribution in [3.05, 3.63) is 39.3 Å². The normalized spacial score (nSPS) is 19.4. The standard InChI is InChI=1S/C16H13BrClF3N4O3/c1-25-5-6(11-10(17)13(18)24-23-11)9(15(25)27)14(26)22-8-4-2-3-7(19)12(8)28-16(20)21/h2-4,6,9,16H,5H2,1H3,(H,22,26)(H,23,24)/t6-,9-/m0/s1. The zero-order valence-corrected chi connectivity index (χ0v) is 16.5. The van der Waals surface area contributed by atoms with Gasteiger partial charge in [-0.15, -0.1) is 0 Å². The van der Waals surface area contributed by atoms with Crippen molar-refractivity contribution in [2.75, 3.05) is 18.9 Å². The molecule has 1 fully saturated rings. The van der Waals surface area contributed by atoms with Gasteiger partial charge in [-0.2, -0.15) is 13.9 Å². The monoisotopic (exact) mass is 480 g/mol. The average molecular weight is 482 g/mol. The Bertz CT molecular complexity index is 927. The fourth-order valence-corrected chi connectivity index (χ4v) is 3.66. The average Bonchev–Trinajstić information content (AvgIpc) is 3.10. The van der Waals surface area contributed by atoms with Gasteiger partial charge in [0.2, 0.25) is 11.8 Å². The zero-order chi connectivity index (χ0) is 20.6. The Kier molecular flexibility index (Phi) is 5.84. The molecule has 150 valence electrons. The SMILES string of the molecule is CN1C[C@H](c2[nH]nc(Cl)c2Br)[C@@H](C(=O)Nc2cccc(F)c2OC(F)F)C1=O. The second kappa shape index (κ2) is 8.00. The predicted octanol–water partition coefficient (Wildman–Crippen LogP) is 3.38. The number of aromatic amines is 1. The van der Waals surface area contributed by atoms with Crippen molar-refractivity contribution in [2.45, 2.75) is 12.5 Å². The van der Waals surface area contributed by atoms with Gasteiger partial charge in [0, 0.05) is 19.5 Å². The number of hydrogen-bond acceptors (Lipinski definition) is 4. The molecule has 1 saturated heterocycles. The third kappa shape index (κ3) is 3.81. The van der Waals surface area contributed by atoms with E-state index in [4.69, 9.17) is 11.6 Å². The van der Waals surface area contributed by atoms with Crippen LogP contribution in [-0.2, 0) is 9.59 Å². The lowest BCUT2D eigenvalue weighted by molar-refractivity contribution is -0.135. The quantitative estimate of drug-likeness (QED) is 0.641. The summed E-state index contributed by atoms with van der Waals surface area (Å²) >= 11 is 9.16. The summed E-state index contributed by atoms with van der Waals surface area (Å²) in [5.74, 6) is -5.03. The first kappa shape index (κ1) is 20.5. The van der Waals surface area contributed by atoms with Gasteiger partial charge in [0.1, 0.15) is 5.92 Å².